The molecule has 0 aliphatic heterocycles. The lowest BCUT2D eigenvalue weighted by molar-refractivity contribution is 0.385. The number of hydrogen-bond acceptors (Lipinski definition) is 4. The summed E-state index contributed by atoms with van der Waals surface area (Å²) < 4.78 is 51.1. The number of para-hydroxylation sites is 1. The summed E-state index contributed by atoms with van der Waals surface area (Å²) in [4.78, 5) is -0.169. The van der Waals surface area contributed by atoms with Gasteiger partial charge in [0.15, 0.2) is 11.6 Å². The van der Waals surface area contributed by atoms with E-state index >= 15 is 0 Å². The molecule has 0 unspecified atom stereocenters. The Labute approximate surface area is 135 Å². The maximum Gasteiger partial charge on any atom is 0.241 e. The van der Waals surface area contributed by atoms with Crippen molar-refractivity contribution in [2.75, 3.05) is 14.2 Å². The minimum atomic E-state index is -3.88. The van der Waals surface area contributed by atoms with Crippen molar-refractivity contribution >= 4 is 10.0 Å². The van der Waals surface area contributed by atoms with Crippen LogP contribution < -0.4 is 14.2 Å². The van der Waals surface area contributed by atoms with Gasteiger partial charge in [-0.25, -0.2) is 17.5 Å². The molecule has 0 spiro atoms. The molecular weight excluding hydrogens is 321 g/mol. The molecule has 23 heavy (non-hydrogen) atoms. The van der Waals surface area contributed by atoms with Crippen molar-refractivity contribution in [3.63, 3.8) is 0 Å². The molecule has 7 heteroatoms. The van der Waals surface area contributed by atoms with E-state index in [9.17, 15) is 12.8 Å². The van der Waals surface area contributed by atoms with Crippen LogP contribution in [0.2, 0.25) is 0 Å². The van der Waals surface area contributed by atoms with E-state index < -0.39 is 21.9 Å². The van der Waals surface area contributed by atoms with Crippen LogP contribution in [0.25, 0.3) is 0 Å². The zero-order chi connectivity index (χ0) is 17.0. The van der Waals surface area contributed by atoms with Crippen LogP contribution in [0.15, 0.2) is 47.4 Å². The fourth-order valence-corrected chi connectivity index (χ4v) is 3.44. The first-order valence-electron chi connectivity index (χ1n) is 6.88. The van der Waals surface area contributed by atoms with E-state index in [-0.39, 0.29) is 10.6 Å². The Morgan fingerprint density at radius 1 is 1.04 bits per heavy atom. The van der Waals surface area contributed by atoms with Gasteiger partial charge >= 0.3 is 0 Å². The zero-order valence-corrected chi connectivity index (χ0v) is 13.9. The van der Waals surface area contributed by atoms with Crippen LogP contribution in [-0.4, -0.2) is 22.6 Å². The Hall–Kier alpha value is -2.12. The summed E-state index contributed by atoms with van der Waals surface area (Å²) in [5.74, 6) is -0.175. The van der Waals surface area contributed by atoms with Gasteiger partial charge < -0.3 is 9.47 Å². The number of ether oxygens (including phenoxy) is 2. The lowest BCUT2D eigenvalue weighted by atomic mass is 10.1. The van der Waals surface area contributed by atoms with Gasteiger partial charge in [-0.05, 0) is 31.2 Å². The van der Waals surface area contributed by atoms with Crippen molar-refractivity contribution in [3.05, 3.63) is 53.8 Å². The molecule has 2 aromatic rings. The van der Waals surface area contributed by atoms with Gasteiger partial charge in [0.2, 0.25) is 10.0 Å². The minimum absolute atomic E-state index is 0.0123. The Morgan fingerprint density at radius 3 is 2.30 bits per heavy atom. The third-order valence-corrected chi connectivity index (χ3v) is 4.91. The molecule has 0 aliphatic carbocycles. The molecule has 1 N–H and O–H groups in total. The van der Waals surface area contributed by atoms with Gasteiger partial charge in [-0.2, -0.15) is 0 Å². The van der Waals surface area contributed by atoms with Gasteiger partial charge in [-0.1, -0.05) is 18.2 Å². The topological polar surface area (TPSA) is 64.6 Å². The lowest BCUT2D eigenvalue weighted by Crippen LogP contribution is -2.27. The summed E-state index contributed by atoms with van der Waals surface area (Å²) >= 11 is 0. The fraction of sp³-hybridized carbons (Fsp3) is 0.250. The second-order valence-electron chi connectivity index (χ2n) is 4.88. The quantitative estimate of drug-likeness (QED) is 0.879. The summed E-state index contributed by atoms with van der Waals surface area (Å²) in [5, 5.41) is 0. The van der Waals surface area contributed by atoms with Crippen molar-refractivity contribution < 1.29 is 22.3 Å². The summed E-state index contributed by atoms with van der Waals surface area (Å²) in [6.07, 6.45) is 0. The van der Waals surface area contributed by atoms with E-state index in [1.165, 1.54) is 26.4 Å². The Kier molecular flexibility index (Phi) is 5.23. The van der Waals surface area contributed by atoms with E-state index in [0.717, 1.165) is 6.07 Å². The third-order valence-electron chi connectivity index (χ3n) is 3.37. The molecule has 0 aromatic heterocycles. The Bertz CT molecular complexity index is 792. The van der Waals surface area contributed by atoms with E-state index in [0.29, 0.717) is 11.3 Å². The summed E-state index contributed by atoms with van der Waals surface area (Å²) in [6.45, 7) is 1.69. The second kappa shape index (κ2) is 6.97. The summed E-state index contributed by atoms with van der Waals surface area (Å²) in [7, 11) is -1.05. The standard InChI is InChI=1S/C16H18FNO4S/c1-11(13-6-4-5-7-15(13)21-2)18-23(19,20)12-8-9-16(22-3)14(17)10-12/h4-11,18H,1-3H3/t11-/m0/s1. The number of hydrogen-bond donors (Lipinski definition) is 1. The molecule has 0 fully saturated rings. The number of benzene rings is 2. The highest BCUT2D eigenvalue weighted by molar-refractivity contribution is 7.89. The Balaban J connectivity index is 2.29. The van der Waals surface area contributed by atoms with Gasteiger partial charge in [0.25, 0.3) is 0 Å². The van der Waals surface area contributed by atoms with Crippen molar-refractivity contribution in [2.24, 2.45) is 0 Å². The van der Waals surface area contributed by atoms with E-state index in [4.69, 9.17) is 9.47 Å². The zero-order valence-electron chi connectivity index (χ0n) is 13.0. The van der Waals surface area contributed by atoms with Crippen molar-refractivity contribution in [1.82, 2.24) is 4.72 Å². The van der Waals surface area contributed by atoms with Crippen LogP contribution in [0, 0.1) is 5.82 Å². The van der Waals surface area contributed by atoms with Crippen LogP contribution >= 0.6 is 0 Å². The molecule has 124 valence electrons. The maximum absolute atomic E-state index is 13.7. The average Bonchev–Trinajstić information content (AvgIpc) is 2.54. The molecule has 0 amide bonds. The van der Waals surface area contributed by atoms with Gasteiger partial charge in [-0.15, -0.1) is 0 Å². The number of sulfonamides is 1. The van der Waals surface area contributed by atoms with Crippen molar-refractivity contribution in [1.29, 1.82) is 0 Å². The minimum Gasteiger partial charge on any atom is -0.496 e. The van der Waals surface area contributed by atoms with Crippen LogP contribution in [0.5, 0.6) is 11.5 Å². The molecule has 5 nitrogen and oxygen atoms in total. The van der Waals surface area contributed by atoms with E-state index in [1.54, 1.807) is 31.2 Å². The first-order chi connectivity index (χ1) is 10.9. The summed E-state index contributed by atoms with van der Waals surface area (Å²) in [5.41, 5.74) is 0.688. The van der Waals surface area contributed by atoms with Crippen LogP contribution in [0.1, 0.15) is 18.5 Å². The van der Waals surface area contributed by atoms with E-state index in [2.05, 4.69) is 4.72 Å². The van der Waals surface area contributed by atoms with Crippen LogP contribution in [0.4, 0.5) is 4.39 Å². The normalized spacial score (nSPS) is 12.7. The highest BCUT2D eigenvalue weighted by Gasteiger charge is 2.21. The predicted octanol–water partition coefficient (Wildman–Crippen LogP) is 2.88. The fourth-order valence-electron chi connectivity index (χ4n) is 2.20. The second-order valence-corrected chi connectivity index (χ2v) is 6.60. The number of halogens is 1. The molecule has 2 aromatic carbocycles. The highest BCUT2D eigenvalue weighted by Crippen LogP contribution is 2.27. The molecular formula is C16H18FNO4S. The van der Waals surface area contributed by atoms with Crippen molar-refractivity contribution in [2.45, 2.75) is 17.9 Å². The van der Waals surface area contributed by atoms with Gasteiger partial charge in [0, 0.05) is 11.6 Å². The van der Waals surface area contributed by atoms with Gasteiger partial charge in [0.1, 0.15) is 5.75 Å². The van der Waals surface area contributed by atoms with Crippen LogP contribution in [-0.2, 0) is 10.0 Å². The average molecular weight is 339 g/mol. The number of nitrogens with one attached hydrogen (secondary N) is 1. The predicted molar refractivity (Wildman–Crippen MR) is 84.7 cm³/mol. The van der Waals surface area contributed by atoms with Gasteiger partial charge in [0.05, 0.1) is 19.1 Å². The highest BCUT2D eigenvalue weighted by atomic mass is 32.2. The van der Waals surface area contributed by atoms with Crippen LogP contribution in [0.3, 0.4) is 0 Å². The smallest absolute Gasteiger partial charge is 0.241 e. The Morgan fingerprint density at radius 2 is 1.70 bits per heavy atom. The molecule has 2 rings (SSSR count). The SMILES string of the molecule is COc1ccc(S(=O)(=O)N[C@@H](C)c2ccccc2OC)cc1F. The molecule has 1 atom stereocenters. The molecule has 0 saturated heterocycles. The monoisotopic (exact) mass is 339 g/mol. The maximum atomic E-state index is 13.7. The largest absolute Gasteiger partial charge is 0.496 e. The molecule has 0 bridgehead atoms. The van der Waals surface area contributed by atoms with E-state index in [1.807, 2.05) is 0 Å². The molecule has 0 aliphatic rings. The van der Waals surface area contributed by atoms with Crippen molar-refractivity contribution in [3.8, 4) is 11.5 Å². The molecule has 0 radical (unpaired) electrons. The number of methoxy groups -OCH3 is 2. The molecule has 0 heterocycles. The third kappa shape index (κ3) is 3.80. The first kappa shape index (κ1) is 17.2. The number of rotatable bonds is 6. The molecule has 0 saturated carbocycles. The lowest BCUT2D eigenvalue weighted by Gasteiger charge is -2.17. The first-order valence-corrected chi connectivity index (χ1v) is 8.36. The summed E-state index contributed by atoms with van der Waals surface area (Å²) in [6, 6.07) is 10.0. The van der Waals surface area contributed by atoms with Gasteiger partial charge in [-0.3, -0.25) is 0 Å².